The molecule has 0 rings (SSSR count). The summed E-state index contributed by atoms with van der Waals surface area (Å²) in [6.45, 7) is 11.7. The molecule has 108 valence electrons. The Labute approximate surface area is 115 Å². The van der Waals surface area contributed by atoms with E-state index in [9.17, 15) is 9.59 Å². The van der Waals surface area contributed by atoms with Gasteiger partial charge in [-0.05, 0) is 12.8 Å². The van der Waals surface area contributed by atoms with E-state index >= 15 is 0 Å². The molecule has 0 N–H and O–H groups in total. The summed E-state index contributed by atoms with van der Waals surface area (Å²) in [6, 6.07) is 0. The molecule has 0 saturated heterocycles. The lowest BCUT2D eigenvalue weighted by Crippen LogP contribution is -2.16. The Morgan fingerprint density at radius 3 is 1.79 bits per heavy atom. The average molecular weight is 268 g/mol. The zero-order valence-electron chi connectivity index (χ0n) is 12.0. The van der Waals surface area contributed by atoms with E-state index in [1.807, 2.05) is 6.92 Å². The van der Waals surface area contributed by atoms with Crippen LogP contribution in [-0.2, 0) is 19.1 Å². The van der Waals surface area contributed by atoms with Crippen molar-refractivity contribution in [3.05, 3.63) is 24.3 Å². The Morgan fingerprint density at radius 2 is 1.32 bits per heavy atom. The zero-order valence-corrected chi connectivity index (χ0v) is 12.0. The molecule has 0 aliphatic rings. The molecule has 0 aromatic rings. The van der Waals surface area contributed by atoms with Gasteiger partial charge in [-0.1, -0.05) is 46.3 Å². The highest BCUT2D eigenvalue weighted by Crippen LogP contribution is 2.10. The molecule has 0 spiro atoms. The maximum absolute atomic E-state index is 11.6. The maximum atomic E-state index is 11.6. The molecule has 0 amide bonds. The first-order valence-electron chi connectivity index (χ1n) is 6.77. The summed E-state index contributed by atoms with van der Waals surface area (Å²) in [6.07, 6.45) is 4.80. The molecule has 0 fully saturated rings. The van der Waals surface area contributed by atoms with Crippen LogP contribution in [0.3, 0.4) is 0 Å². The van der Waals surface area contributed by atoms with Gasteiger partial charge in [-0.2, -0.15) is 0 Å². The summed E-state index contributed by atoms with van der Waals surface area (Å²) >= 11 is 0. The van der Waals surface area contributed by atoms with Crippen molar-refractivity contribution in [1.29, 1.82) is 0 Å². The molecule has 0 unspecified atom stereocenters. The lowest BCUT2D eigenvalue weighted by atomic mass is 10.1. The van der Waals surface area contributed by atoms with Gasteiger partial charge < -0.3 is 9.47 Å². The van der Waals surface area contributed by atoms with Crippen LogP contribution < -0.4 is 0 Å². The van der Waals surface area contributed by atoms with E-state index < -0.39 is 11.9 Å². The Balaban J connectivity index is 4.01. The van der Waals surface area contributed by atoms with Crippen molar-refractivity contribution in [3.8, 4) is 0 Å². The van der Waals surface area contributed by atoms with E-state index in [2.05, 4.69) is 20.1 Å². The van der Waals surface area contributed by atoms with Gasteiger partial charge in [-0.3, -0.25) is 0 Å². The van der Waals surface area contributed by atoms with Crippen LogP contribution >= 0.6 is 0 Å². The summed E-state index contributed by atoms with van der Waals surface area (Å²) in [5, 5.41) is 0. The number of unbranched alkanes of at least 4 members (excludes halogenated alkanes) is 3. The minimum absolute atomic E-state index is 0.0309. The van der Waals surface area contributed by atoms with Crippen LogP contribution in [0.4, 0.5) is 0 Å². The molecule has 4 heteroatoms. The van der Waals surface area contributed by atoms with Crippen LogP contribution in [-0.4, -0.2) is 25.2 Å². The van der Waals surface area contributed by atoms with Crippen molar-refractivity contribution in [3.63, 3.8) is 0 Å². The Bertz CT molecular complexity index is 331. The van der Waals surface area contributed by atoms with Gasteiger partial charge in [0.1, 0.15) is 0 Å². The van der Waals surface area contributed by atoms with Crippen molar-refractivity contribution >= 4 is 11.9 Å². The summed E-state index contributed by atoms with van der Waals surface area (Å²) < 4.78 is 9.89. The third-order valence-electron chi connectivity index (χ3n) is 2.53. The van der Waals surface area contributed by atoms with Crippen molar-refractivity contribution in [2.24, 2.45) is 0 Å². The van der Waals surface area contributed by atoms with Crippen molar-refractivity contribution in [1.82, 2.24) is 0 Å². The van der Waals surface area contributed by atoms with Crippen LogP contribution in [0.1, 0.15) is 46.0 Å². The predicted octanol–water partition coefficient (Wildman–Crippen LogP) is 3.18. The number of hydrogen-bond donors (Lipinski definition) is 0. The van der Waals surface area contributed by atoms with Gasteiger partial charge in [0.2, 0.25) is 0 Å². The van der Waals surface area contributed by atoms with E-state index in [0.717, 1.165) is 25.7 Å². The molecule has 0 aromatic heterocycles. The maximum Gasteiger partial charge on any atom is 0.338 e. The van der Waals surface area contributed by atoms with Crippen LogP contribution in [0.5, 0.6) is 0 Å². The molecule has 0 bridgehead atoms. The Morgan fingerprint density at radius 1 is 0.789 bits per heavy atom. The molecule has 19 heavy (non-hydrogen) atoms. The van der Waals surface area contributed by atoms with Gasteiger partial charge in [0.05, 0.1) is 24.4 Å². The number of rotatable bonds is 10. The highest BCUT2D eigenvalue weighted by molar-refractivity contribution is 6.06. The molecule has 0 heterocycles. The SMILES string of the molecule is C=C(C(=C)C(=O)OCCCCCC)C(=O)OCCC. The fraction of sp³-hybridized carbons (Fsp3) is 0.600. The largest absolute Gasteiger partial charge is 0.462 e. The van der Waals surface area contributed by atoms with Gasteiger partial charge in [0.25, 0.3) is 0 Å². The Kier molecular flexibility index (Phi) is 9.49. The predicted molar refractivity (Wildman–Crippen MR) is 74.6 cm³/mol. The topological polar surface area (TPSA) is 52.6 Å². The summed E-state index contributed by atoms with van der Waals surface area (Å²) in [5.41, 5.74) is -0.0661. The van der Waals surface area contributed by atoms with E-state index in [0.29, 0.717) is 19.6 Å². The highest BCUT2D eigenvalue weighted by atomic mass is 16.5. The summed E-state index contributed by atoms with van der Waals surface area (Å²) in [5.74, 6) is -1.22. The molecule has 0 aliphatic carbocycles. The minimum Gasteiger partial charge on any atom is -0.462 e. The monoisotopic (exact) mass is 268 g/mol. The summed E-state index contributed by atoms with van der Waals surface area (Å²) in [7, 11) is 0. The second kappa shape index (κ2) is 10.4. The number of esters is 2. The average Bonchev–Trinajstić information content (AvgIpc) is 2.42. The van der Waals surface area contributed by atoms with Crippen LogP contribution in [0.25, 0.3) is 0 Å². The Hall–Kier alpha value is -1.58. The molecular formula is C15H24O4. The van der Waals surface area contributed by atoms with Crippen LogP contribution in [0.15, 0.2) is 24.3 Å². The van der Waals surface area contributed by atoms with Gasteiger partial charge in [0.15, 0.2) is 0 Å². The molecule has 0 aromatic carbocycles. The number of carbonyl (C=O) groups excluding carboxylic acids is 2. The molecule has 0 aliphatic heterocycles. The van der Waals surface area contributed by atoms with Gasteiger partial charge in [0, 0.05) is 0 Å². The third kappa shape index (κ3) is 7.44. The van der Waals surface area contributed by atoms with Crippen LogP contribution in [0, 0.1) is 0 Å². The van der Waals surface area contributed by atoms with Crippen molar-refractivity contribution in [2.75, 3.05) is 13.2 Å². The van der Waals surface area contributed by atoms with Gasteiger partial charge >= 0.3 is 11.9 Å². The zero-order chi connectivity index (χ0) is 14.7. The van der Waals surface area contributed by atoms with Gasteiger partial charge in [-0.25, -0.2) is 9.59 Å². The minimum atomic E-state index is -0.616. The second-order valence-electron chi connectivity index (χ2n) is 4.29. The van der Waals surface area contributed by atoms with E-state index in [-0.39, 0.29) is 11.1 Å². The fourth-order valence-corrected chi connectivity index (χ4v) is 1.31. The molecule has 0 saturated carbocycles. The smallest absolute Gasteiger partial charge is 0.338 e. The fourth-order valence-electron chi connectivity index (χ4n) is 1.31. The quantitative estimate of drug-likeness (QED) is 0.264. The highest BCUT2D eigenvalue weighted by Gasteiger charge is 2.19. The molecule has 0 atom stereocenters. The second-order valence-corrected chi connectivity index (χ2v) is 4.29. The number of ether oxygens (including phenoxy) is 2. The third-order valence-corrected chi connectivity index (χ3v) is 2.53. The lowest BCUT2D eigenvalue weighted by Gasteiger charge is -2.09. The first-order valence-corrected chi connectivity index (χ1v) is 6.77. The van der Waals surface area contributed by atoms with E-state index in [1.54, 1.807) is 0 Å². The molecule has 4 nitrogen and oxygen atoms in total. The van der Waals surface area contributed by atoms with Gasteiger partial charge in [-0.15, -0.1) is 0 Å². The first-order chi connectivity index (χ1) is 9.04. The first kappa shape index (κ1) is 17.4. The van der Waals surface area contributed by atoms with Crippen molar-refractivity contribution < 1.29 is 19.1 Å². The van der Waals surface area contributed by atoms with Crippen LogP contribution in [0.2, 0.25) is 0 Å². The normalized spacial score (nSPS) is 9.79. The van der Waals surface area contributed by atoms with E-state index in [1.165, 1.54) is 0 Å². The standard InChI is InChI=1S/C15H24O4/c1-5-7-8-9-11-19-15(17)13(4)12(3)14(16)18-10-6-2/h3-11H2,1-2H3. The lowest BCUT2D eigenvalue weighted by molar-refractivity contribution is -0.142. The molecular weight excluding hydrogens is 244 g/mol. The van der Waals surface area contributed by atoms with E-state index in [4.69, 9.17) is 9.47 Å². The van der Waals surface area contributed by atoms with Crippen molar-refractivity contribution in [2.45, 2.75) is 46.0 Å². The number of carbonyl (C=O) groups is 2. The summed E-state index contributed by atoms with van der Waals surface area (Å²) in [4.78, 5) is 23.1. The molecule has 0 radical (unpaired) electrons. The number of hydrogen-bond acceptors (Lipinski definition) is 4.